The van der Waals surface area contributed by atoms with Gasteiger partial charge in [-0.2, -0.15) is 5.26 Å². The summed E-state index contributed by atoms with van der Waals surface area (Å²) in [6.07, 6.45) is 3.96. The van der Waals surface area contributed by atoms with E-state index in [1.54, 1.807) is 0 Å². The van der Waals surface area contributed by atoms with Crippen molar-refractivity contribution in [1.29, 1.82) is 5.26 Å². The van der Waals surface area contributed by atoms with Crippen molar-refractivity contribution in [2.45, 2.75) is 57.2 Å². The van der Waals surface area contributed by atoms with Crippen LogP contribution in [0.15, 0.2) is 24.3 Å². The largest absolute Gasteiger partial charge is 0.381 e. The molecule has 1 saturated heterocycles. The van der Waals surface area contributed by atoms with E-state index in [0.29, 0.717) is 18.1 Å². The lowest BCUT2D eigenvalue weighted by Gasteiger charge is -2.41. The summed E-state index contributed by atoms with van der Waals surface area (Å²) in [7, 11) is 1.84. The molecule has 1 aromatic carbocycles. The van der Waals surface area contributed by atoms with Crippen molar-refractivity contribution in [3.8, 4) is 6.07 Å². The molecular formula is C21H30N2O2. The van der Waals surface area contributed by atoms with Crippen LogP contribution >= 0.6 is 0 Å². The number of nitriles is 1. The second-order valence-electron chi connectivity index (χ2n) is 7.88. The monoisotopic (exact) mass is 342 g/mol. The van der Waals surface area contributed by atoms with E-state index in [-0.39, 0.29) is 0 Å². The van der Waals surface area contributed by atoms with Gasteiger partial charge in [-0.25, -0.2) is 0 Å². The molecule has 0 bridgehead atoms. The highest BCUT2D eigenvalue weighted by atomic mass is 16.5. The van der Waals surface area contributed by atoms with Gasteiger partial charge in [-0.3, -0.25) is 4.90 Å². The van der Waals surface area contributed by atoms with Crippen molar-refractivity contribution in [2.75, 3.05) is 26.9 Å². The summed E-state index contributed by atoms with van der Waals surface area (Å²) < 4.78 is 11.6. The van der Waals surface area contributed by atoms with Crippen LogP contribution in [0.2, 0.25) is 0 Å². The molecule has 25 heavy (non-hydrogen) atoms. The Bertz CT molecular complexity index is 623. The van der Waals surface area contributed by atoms with Crippen molar-refractivity contribution in [3.63, 3.8) is 0 Å². The number of ether oxygens (including phenoxy) is 2. The molecular weight excluding hydrogens is 312 g/mol. The maximum Gasteiger partial charge on any atom is 0.0769 e. The standard InChI is InChI=1S/C21H30N2O2/c1-21(2,15-22)18-9-5-4-7-16(18)13-23-11-12-25-14-19(23)17-8-6-10-20(17)24-3/h4-5,7,9,17,19-20H,6,8,10-14H2,1-3H3/t17-,19-,20-/m1/s1. The molecule has 0 unspecified atom stereocenters. The first-order valence-electron chi connectivity index (χ1n) is 9.41. The van der Waals surface area contributed by atoms with Crippen molar-refractivity contribution >= 4 is 0 Å². The molecule has 2 fully saturated rings. The topological polar surface area (TPSA) is 45.5 Å². The number of rotatable bonds is 5. The van der Waals surface area contributed by atoms with Gasteiger partial charge in [0.15, 0.2) is 0 Å². The lowest BCUT2D eigenvalue weighted by atomic mass is 9.82. The van der Waals surface area contributed by atoms with E-state index in [4.69, 9.17) is 9.47 Å². The van der Waals surface area contributed by atoms with Crippen molar-refractivity contribution < 1.29 is 9.47 Å². The predicted octanol–water partition coefficient (Wildman–Crippen LogP) is 3.50. The molecule has 3 atom stereocenters. The van der Waals surface area contributed by atoms with Gasteiger partial charge >= 0.3 is 0 Å². The van der Waals surface area contributed by atoms with Crippen LogP contribution in [0.5, 0.6) is 0 Å². The minimum atomic E-state index is -0.471. The van der Waals surface area contributed by atoms with Gasteiger partial charge in [-0.15, -0.1) is 0 Å². The summed E-state index contributed by atoms with van der Waals surface area (Å²) in [5, 5.41) is 9.57. The molecule has 0 aromatic heterocycles. The molecule has 0 N–H and O–H groups in total. The molecule has 1 aliphatic heterocycles. The number of hydrogen-bond acceptors (Lipinski definition) is 4. The summed E-state index contributed by atoms with van der Waals surface area (Å²) >= 11 is 0. The van der Waals surface area contributed by atoms with Crippen LogP contribution in [0.1, 0.15) is 44.2 Å². The first kappa shape index (κ1) is 18.4. The normalized spacial score (nSPS) is 28.0. The van der Waals surface area contributed by atoms with Crippen LogP contribution in [0.3, 0.4) is 0 Å². The summed E-state index contributed by atoms with van der Waals surface area (Å²) in [5.74, 6) is 0.543. The number of benzene rings is 1. The fraction of sp³-hybridized carbons (Fsp3) is 0.667. The highest BCUT2D eigenvalue weighted by molar-refractivity contribution is 5.37. The molecule has 1 heterocycles. The van der Waals surface area contributed by atoms with Crippen LogP contribution in [0.25, 0.3) is 0 Å². The van der Waals surface area contributed by atoms with Gasteiger partial charge in [-0.05, 0) is 37.8 Å². The minimum Gasteiger partial charge on any atom is -0.381 e. The van der Waals surface area contributed by atoms with Gasteiger partial charge in [0.25, 0.3) is 0 Å². The highest BCUT2D eigenvalue weighted by Crippen LogP contribution is 2.35. The maximum atomic E-state index is 9.57. The van der Waals surface area contributed by atoms with E-state index < -0.39 is 5.41 Å². The molecule has 0 radical (unpaired) electrons. The summed E-state index contributed by atoms with van der Waals surface area (Å²) in [6, 6.07) is 11.2. The zero-order valence-corrected chi connectivity index (χ0v) is 15.7. The Morgan fingerprint density at radius 3 is 2.88 bits per heavy atom. The Hall–Kier alpha value is -1.41. The smallest absolute Gasteiger partial charge is 0.0769 e. The number of methoxy groups -OCH3 is 1. The summed E-state index contributed by atoms with van der Waals surface area (Å²) in [4.78, 5) is 2.55. The third-order valence-electron chi connectivity index (χ3n) is 5.92. The molecule has 4 heteroatoms. The lowest BCUT2D eigenvalue weighted by molar-refractivity contribution is -0.0609. The quantitative estimate of drug-likeness (QED) is 0.821. The van der Waals surface area contributed by atoms with Gasteiger partial charge in [-0.1, -0.05) is 30.7 Å². The van der Waals surface area contributed by atoms with E-state index >= 15 is 0 Å². The minimum absolute atomic E-state index is 0.347. The molecule has 2 aliphatic rings. The maximum absolute atomic E-state index is 9.57. The zero-order valence-electron chi connectivity index (χ0n) is 15.7. The second kappa shape index (κ2) is 7.86. The zero-order chi connectivity index (χ0) is 17.9. The average molecular weight is 342 g/mol. The van der Waals surface area contributed by atoms with Crippen molar-refractivity contribution in [3.05, 3.63) is 35.4 Å². The van der Waals surface area contributed by atoms with Gasteiger partial charge in [0.1, 0.15) is 0 Å². The third kappa shape index (κ3) is 3.89. The Morgan fingerprint density at radius 1 is 1.32 bits per heavy atom. The predicted molar refractivity (Wildman–Crippen MR) is 98.2 cm³/mol. The van der Waals surface area contributed by atoms with Crippen LogP contribution in [-0.2, 0) is 21.4 Å². The van der Waals surface area contributed by atoms with Crippen molar-refractivity contribution in [1.82, 2.24) is 4.90 Å². The summed E-state index contributed by atoms with van der Waals surface area (Å²) in [6.45, 7) is 7.39. The SMILES string of the molecule is CO[C@@H]1CCC[C@@H]1[C@H]1COCCN1Cc1ccccc1C(C)(C)C#N. The summed E-state index contributed by atoms with van der Waals surface area (Å²) in [5.41, 5.74) is 1.92. The van der Waals surface area contributed by atoms with E-state index in [9.17, 15) is 5.26 Å². The van der Waals surface area contributed by atoms with Crippen LogP contribution in [-0.4, -0.2) is 43.9 Å². The third-order valence-corrected chi connectivity index (χ3v) is 5.92. The number of nitrogens with zero attached hydrogens (tertiary/aromatic N) is 2. The van der Waals surface area contributed by atoms with E-state index in [1.165, 1.54) is 18.4 Å². The molecule has 3 rings (SSSR count). The van der Waals surface area contributed by atoms with E-state index in [0.717, 1.165) is 38.3 Å². The molecule has 1 aromatic rings. The fourth-order valence-electron chi connectivity index (χ4n) is 4.48. The first-order valence-corrected chi connectivity index (χ1v) is 9.41. The first-order chi connectivity index (χ1) is 12.1. The molecule has 0 amide bonds. The molecule has 4 nitrogen and oxygen atoms in total. The van der Waals surface area contributed by atoms with E-state index in [1.807, 2.05) is 27.0 Å². The average Bonchev–Trinajstić information content (AvgIpc) is 3.11. The number of morpholine rings is 1. The molecule has 1 saturated carbocycles. The van der Waals surface area contributed by atoms with Crippen LogP contribution in [0, 0.1) is 17.2 Å². The Morgan fingerprint density at radius 2 is 2.12 bits per heavy atom. The van der Waals surface area contributed by atoms with Crippen LogP contribution < -0.4 is 0 Å². The fourth-order valence-corrected chi connectivity index (χ4v) is 4.48. The van der Waals surface area contributed by atoms with Crippen molar-refractivity contribution in [2.24, 2.45) is 5.92 Å². The van der Waals surface area contributed by atoms with Gasteiger partial charge in [0, 0.05) is 32.2 Å². The molecule has 0 spiro atoms. The molecule has 1 aliphatic carbocycles. The van der Waals surface area contributed by atoms with Gasteiger partial charge < -0.3 is 9.47 Å². The Kier molecular flexibility index (Phi) is 5.78. The van der Waals surface area contributed by atoms with Crippen LogP contribution in [0.4, 0.5) is 0 Å². The second-order valence-corrected chi connectivity index (χ2v) is 7.88. The Balaban J connectivity index is 1.82. The highest BCUT2D eigenvalue weighted by Gasteiger charge is 2.39. The molecule has 136 valence electrons. The Labute approximate surface area is 151 Å². The van der Waals surface area contributed by atoms with Gasteiger partial charge in [0.2, 0.25) is 0 Å². The van der Waals surface area contributed by atoms with Gasteiger partial charge in [0.05, 0.1) is 30.8 Å². The lowest BCUT2D eigenvalue weighted by Crippen LogP contribution is -2.51. The number of hydrogen-bond donors (Lipinski definition) is 0. The van der Waals surface area contributed by atoms with E-state index in [2.05, 4.69) is 29.2 Å².